The fourth-order valence-corrected chi connectivity index (χ4v) is 3.25. The molecule has 0 radical (unpaired) electrons. The van der Waals surface area contributed by atoms with Crippen molar-refractivity contribution in [3.8, 4) is 0 Å². The van der Waals surface area contributed by atoms with Crippen LogP contribution in [-0.2, 0) is 0 Å². The van der Waals surface area contributed by atoms with Gasteiger partial charge >= 0.3 is 0 Å². The molecule has 1 saturated carbocycles. The molecule has 134 valence electrons. The van der Waals surface area contributed by atoms with E-state index in [0.717, 1.165) is 48.8 Å². The Morgan fingerprint density at radius 3 is 2.62 bits per heavy atom. The van der Waals surface area contributed by atoms with Crippen molar-refractivity contribution in [2.45, 2.75) is 18.9 Å². The number of benzene rings is 1. The molecule has 3 N–H and O–H groups in total. The molecule has 1 aliphatic heterocycles. The number of piperazine rings is 1. The minimum absolute atomic E-state index is 0.504. The predicted molar refractivity (Wildman–Crippen MR) is 103 cm³/mol. The SMILES string of the molecule is c1cc2nc(Nc3ccc(N4CCNCC4)cc3)nc(NC3CC3)c2o1. The number of anilines is 4. The van der Waals surface area contributed by atoms with Gasteiger partial charge in [0.1, 0.15) is 5.52 Å². The number of aromatic nitrogens is 2. The summed E-state index contributed by atoms with van der Waals surface area (Å²) in [5.74, 6) is 1.35. The third-order valence-corrected chi connectivity index (χ3v) is 4.83. The largest absolute Gasteiger partial charge is 0.459 e. The lowest BCUT2D eigenvalue weighted by Crippen LogP contribution is -2.43. The van der Waals surface area contributed by atoms with Gasteiger partial charge in [-0.05, 0) is 37.1 Å². The molecule has 0 spiro atoms. The van der Waals surface area contributed by atoms with Crippen molar-refractivity contribution < 1.29 is 4.42 Å². The van der Waals surface area contributed by atoms with E-state index in [1.807, 2.05) is 6.07 Å². The second-order valence-electron chi connectivity index (χ2n) is 6.86. The zero-order valence-electron chi connectivity index (χ0n) is 14.5. The molecular formula is C19H22N6O. The molecule has 2 fully saturated rings. The second-order valence-corrected chi connectivity index (χ2v) is 6.86. The van der Waals surface area contributed by atoms with Gasteiger partial charge in [0.15, 0.2) is 11.4 Å². The van der Waals surface area contributed by atoms with Gasteiger partial charge in [0.25, 0.3) is 0 Å². The zero-order chi connectivity index (χ0) is 17.3. The first-order valence-electron chi connectivity index (χ1n) is 9.20. The summed E-state index contributed by atoms with van der Waals surface area (Å²) in [5, 5.41) is 10.1. The lowest BCUT2D eigenvalue weighted by Gasteiger charge is -2.29. The highest BCUT2D eigenvalue weighted by Gasteiger charge is 2.23. The fourth-order valence-electron chi connectivity index (χ4n) is 3.25. The molecule has 3 aromatic rings. The highest BCUT2D eigenvalue weighted by Crippen LogP contribution is 2.30. The van der Waals surface area contributed by atoms with E-state index >= 15 is 0 Å². The Kier molecular flexibility index (Phi) is 3.86. The summed E-state index contributed by atoms with van der Waals surface area (Å²) in [4.78, 5) is 11.6. The smallest absolute Gasteiger partial charge is 0.229 e. The summed E-state index contributed by atoms with van der Waals surface area (Å²) in [6, 6.07) is 10.8. The number of fused-ring (bicyclic) bond motifs is 1. The van der Waals surface area contributed by atoms with Crippen LogP contribution in [0.1, 0.15) is 12.8 Å². The Bertz CT molecular complexity index is 896. The molecule has 3 heterocycles. The monoisotopic (exact) mass is 350 g/mol. The fraction of sp³-hybridized carbons (Fsp3) is 0.368. The van der Waals surface area contributed by atoms with Crippen LogP contribution in [0.15, 0.2) is 41.0 Å². The first-order valence-corrected chi connectivity index (χ1v) is 9.20. The summed E-state index contributed by atoms with van der Waals surface area (Å²) < 4.78 is 5.54. The Balaban J connectivity index is 1.36. The molecule has 0 atom stereocenters. The normalized spacial score (nSPS) is 17.5. The van der Waals surface area contributed by atoms with Crippen LogP contribution in [0.4, 0.5) is 23.1 Å². The van der Waals surface area contributed by atoms with Crippen LogP contribution in [0.25, 0.3) is 11.1 Å². The molecule has 5 rings (SSSR count). The Morgan fingerprint density at radius 2 is 1.85 bits per heavy atom. The molecule has 2 aromatic heterocycles. The van der Waals surface area contributed by atoms with Crippen molar-refractivity contribution in [2.75, 3.05) is 41.7 Å². The van der Waals surface area contributed by atoms with Crippen LogP contribution in [0.3, 0.4) is 0 Å². The maximum Gasteiger partial charge on any atom is 0.229 e. The topological polar surface area (TPSA) is 78.2 Å². The van der Waals surface area contributed by atoms with Gasteiger partial charge < -0.3 is 25.3 Å². The van der Waals surface area contributed by atoms with E-state index in [1.54, 1.807) is 6.26 Å². The van der Waals surface area contributed by atoms with Crippen molar-refractivity contribution in [3.63, 3.8) is 0 Å². The average Bonchev–Trinajstić information content (AvgIpc) is 3.37. The average molecular weight is 350 g/mol. The number of nitrogens with zero attached hydrogens (tertiary/aromatic N) is 3. The molecule has 2 aliphatic rings. The molecule has 1 aliphatic carbocycles. The Hall–Kier alpha value is -2.80. The highest BCUT2D eigenvalue weighted by molar-refractivity contribution is 5.85. The zero-order valence-corrected chi connectivity index (χ0v) is 14.5. The molecular weight excluding hydrogens is 328 g/mol. The molecule has 0 amide bonds. The van der Waals surface area contributed by atoms with Crippen LogP contribution < -0.4 is 20.9 Å². The van der Waals surface area contributed by atoms with Crippen molar-refractivity contribution in [1.82, 2.24) is 15.3 Å². The maximum atomic E-state index is 5.54. The van der Waals surface area contributed by atoms with Gasteiger partial charge in [-0.15, -0.1) is 0 Å². The van der Waals surface area contributed by atoms with Crippen LogP contribution >= 0.6 is 0 Å². The summed E-state index contributed by atoms with van der Waals surface area (Å²) in [6.07, 6.45) is 4.02. The van der Waals surface area contributed by atoms with Crippen LogP contribution in [-0.4, -0.2) is 42.2 Å². The third kappa shape index (κ3) is 3.17. The highest BCUT2D eigenvalue weighted by atomic mass is 16.3. The van der Waals surface area contributed by atoms with Gasteiger partial charge in [0.05, 0.1) is 6.26 Å². The van der Waals surface area contributed by atoms with E-state index in [0.29, 0.717) is 12.0 Å². The lowest BCUT2D eigenvalue weighted by molar-refractivity contribution is 0.589. The van der Waals surface area contributed by atoms with Gasteiger partial charge in [-0.3, -0.25) is 0 Å². The molecule has 0 unspecified atom stereocenters. The summed E-state index contributed by atoms with van der Waals surface area (Å²) in [6.45, 7) is 4.16. The predicted octanol–water partition coefficient (Wildman–Crippen LogP) is 2.95. The first kappa shape index (κ1) is 15.5. The molecule has 0 bridgehead atoms. The third-order valence-electron chi connectivity index (χ3n) is 4.83. The van der Waals surface area contributed by atoms with Crippen molar-refractivity contribution in [3.05, 3.63) is 36.6 Å². The van der Waals surface area contributed by atoms with Gasteiger partial charge in [-0.25, -0.2) is 4.98 Å². The maximum absolute atomic E-state index is 5.54. The number of furan rings is 1. The van der Waals surface area contributed by atoms with Gasteiger partial charge in [0.2, 0.25) is 5.95 Å². The number of hydrogen-bond donors (Lipinski definition) is 3. The number of rotatable bonds is 5. The van der Waals surface area contributed by atoms with E-state index in [4.69, 9.17) is 4.42 Å². The van der Waals surface area contributed by atoms with Crippen molar-refractivity contribution >= 4 is 34.2 Å². The van der Waals surface area contributed by atoms with Crippen molar-refractivity contribution in [2.24, 2.45) is 0 Å². The molecule has 26 heavy (non-hydrogen) atoms. The summed E-state index contributed by atoms with van der Waals surface area (Å²) >= 11 is 0. The summed E-state index contributed by atoms with van der Waals surface area (Å²) in [7, 11) is 0. The lowest BCUT2D eigenvalue weighted by atomic mass is 10.2. The van der Waals surface area contributed by atoms with E-state index in [-0.39, 0.29) is 0 Å². The first-order chi connectivity index (χ1) is 12.8. The summed E-state index contributed by atoms with van der Waals surface area (Å²) in [5.41, 5.74) is 3.75. The second kappa shape index (κ2) is 6.49. The van der Waals surface area contributed by atoms with Gasteiger partial charge in [-0.1, -0.05) is 0 Å². The van der Waals surface area contributed by atoms with Crippen LogP contribution in [0, 0.1) is 0 Å². The van der Waals surface area contributed by atoms with Gasteiger partial charge in [-0.2, -0.15) is 4.98 Å². The Morgan fingerprint density at radius 1 is 1.04 bits per heavy atom. The molecule has 7 nitrogen and oxygen atoms in total. The number of hydrogen-bond acceptors (Lipinski definition) is 7. The molecule has 1 aromatic carbocycles. The van der Waals surface area contributed by atoms with E-state index in [1.165, 1.54) is 18.5 Å². The van der Waals surface area contributed by atoms with Crippen molar-refractivity contribution in [1.29, 1.82) is 0 Å². The standard InChI is InChI=1S/C19H22N6O/c1-2-13(1)21-18-17-16(7-12-26-17)23-19(24-18)22-14-3-5-15(6-4-14)25-10-8-20-9-11-25/h3-7,12-13,20H,1-2,8-11H2,(H2,21,22,23,24). The van der Waals surface area contributed by atoms with E-state index in [9.17, 15) is 0 Å². The minimum Gasteiger partial charge on any atom is -0.459 e. The molecule has 1 saturated heterocycles. The number of nitrogens with one attached hydrogen (secondary N) is 3. The van der Waals surface area contributed by atoms with E-state index < -0.39 is 0 Å². The minimum atomic E-state index is 0.504. The quantitative estimate of drug-likeness (QED) is 0.653. The van der Waals surface area contributed by atoms with Crippen LogP contribution in [0.2, 0.25) is 0 Å². The van der Waals surface area contributed by atoms with Gasteiger partial charge in [0, 0.05) is 49.7 Å². The molecule has 7 heteroatoms. The van der Waals surface area contributed by atoms with Crippen LogP contribution in [0.5, 0.6) is 0 Å². The van der Waals surface area contributed by atoms with E-state index in [2.05, 4.69) is 55.1 Å². The Labute approximate surface area is 151 Å².